The highest BCUT2D eigenvalue weighted by Crippen LogP contribution is 2.31. The third kappa shape index (κ3) is 4.42. The minimum absolute atomic E-state index is 0.170. The van der Waals surface area contributed by atoms with Crippen LogP contribution in [0.25, 0.3) is 43.5 Å². The highest BCUT2D eigenvalue weighted by Gasteiger charge is 2.17. The molecule has 0 radical (unpaired) electrons. The van der Waals surface area contributed by atoms with Crippen molar-refractivity contribution in [1.82, 2.24) is 15.0 Å². The second-order valence-corrected chi connectivity index (χ2v) is 9.44. The van der Waals surface area contributed by atoms with Crippen molar-refractivity contribution in [3.8, 4) is 28.1 Å². The summed E-state index contributed by atoms with van der Waals surface area (Å²) in [5.74, 6) is 0.484. The van der Waals surface area contributed by atoms with E-state index in [1.54, 1.807) is 13.2 Å². The van der Waals surface area contributed by atoms with Crippen LogP contribution in [-0.4, -0.2) is 28.0 Å². The summed E-state index contributed by atoms with van der Waals surface area (Å²) < 4.78 is 10.9. The van der Waals surface area contributed by atoms with Crippen molar-refractivity contribution in [2.75, 3.05) is 7.11 Å². The van der Waals surface area contributed by atoms with E-state index in [1.165, 1.54) is 11.3 Å². The number of thiophene rings is 1. The molecule has 0 bridgehead atoms. The molecule has 0 aliphatic heterocycles. The molecule has 186 valence electrons. The zero-order valence-corrected chi connectivity index (χ0v) is 21.1. The quantitative estimate of drug-likeness (QED) is 0.262. The summed E-state index contributed by atoms with van der Waals surface area (Å²) in [7, 11) is 1.61. The molecule has 1 N–H and O–H groups in total. The van der Waals surface area contributed by atoms with E-state index in [4.69, 9.17) is 14.5 Å². The van der Waals surface area contributed by atoms with Crippen LogP contribution in [0, 0.1) is 0 Å². The van der Waals surface area contributed by atoms with Gasteiger partial charge in [0.15, 0.2) is 0 Å². The van der Waals surface area contributed by atoms with Crippen LogP contribution < -0.4 is 10.3 Å². The molecule has 0 saturated heterocycles. The summed E-state index contributed by atoms with van der Waals surface area (Å²) >= 11 is 1.38. The Morgan fingerprint density at radius 2 is 1.68 bits per heavy atom. The molecule has 7 nitrogen and oxygen atoms in total. The van der Waals surface area contributed by atoms with E-state index in [1.807, 2.05) is 84.2 Å². The number of H-pyrrole nitrogens is 1. The van der Waals surface area contributed by atoms with Crippen LogP contribution in [-0.2, 0) is 11.3 Å². The average molecular weight is 520 g/mol. The first-order chi connectivity index (χ1) is 18.6. The zero-order chi connectivity index (χ0) is 26.1. The van der Waals surface area contributed by atoms with Crippen LogP contribution in [0.15, 0.2) is 95.1 Å². The highest BCUT2D eigenvalue weighted by atomic mass is 32.1. The van der Waals surface area contributed by atoms with Gasteiger partial charge in [-0.05, 0) is 42.0 Å². The molecule has 0 atom stereocenters. The maximum Gasteiger partial charge on any atom is 0.339 e. The molecule has 0 fully saturated rings. The van der Waals surface area contributed by atoms with E-state index in [9.17, 15) is 9.59 Å². The summed E-state index contributed by atoms with van der Waals surface area (Å²) in [5, 5.41) is 3.12. The Morgan fingerprint density at radius 3 is 2.47 bits per heavy atom. The first kappa shape index (κ1) is 23.6. The molecule has 6 rings (SSSR count). The molecular formula is C30H21N3O4S. The van der Waals surface area contributed by atoms with E-state index >= 15 is 0 Å². The largest absolute Gasteiger partial charge is 0.497 e. The molecule has 3 heterocycles. The third-order valence-electron chi connectivity index (χ3n) is 6.24. The number of carbonyl (C=O) groups excluding carboxylic acids is 1. The molecular weight excluding hydrogens is 498 g/mol. The molecule has 0 aliphatic carbocycles. The number of benzene rings is 3. The summed E-state index contributed by atoms with van der Waals surface area (Å²) in [6.07, 6.45) is 0. The van der Waals surface area contributed by atoms with Crippen molar-refractivity contribution < 1.29 is 14.3 Å². The van der Waals surface area contributed by atoms with E-state index in [2.05, 4.69) is 9.97 Å². The number of rotatable bonds is 6. The van der Waals surface area contributed by atoms with Gasteiger partial charge in [0.25, 0.3) is 5.56 Å². The number of methoxy groups -OCH3 is 1. The number of esters is 1. The maximum atomic E-state index is 13.3. The molecule has 0 saturated carbocycles. The summed E-state index contributed by atoms with van der Waals surface area (Å²) in [4.78, 5) is 38.9. The molecule has 0 aliphatic rings. The monoisotopic (exact) mass is 519 g/mol. The normalized spacial score (nSPS) is 11.1. The predicted octanol–water partition coefficient (Wildman–Crippen LogP) is 6.23. The first-order valence-corrected chi connectivity index (χ1v) is 12.8. The highest BCUT2D eigenvalue weighted by molar-refractivity contribution is 7.17. The number of carbonyl (C=O) groups is 1. The van der Waals surface area contributed by atoms with Crippen molar-refractivity contribution in [2.45, 2.75) is 6.61 Å². The van der Waals surface area contributed by atoms with Gasteiger partial charge in [-0.3, -0.25) is 4.79 Å². The molecule has 0 spiro atoms. The van der Waals surface area contributed by atoms with Gasteiger partial charge in [-0.25, -0.2) is 14.8 Å². The van der Waals surface area contributed by atoms with Gasteiger partial charge in [-0.1, -0.05) is 48.5 Å². The van der Waals surface area contributed by atoms with Crippen LogP contribution in [0.4, 0.5) is 0 Å². The van der Waals surface area contributed by atoms with Gasteiger partial charge in [-0.15, -0.1) is 11.3 Å². The van der Waals surface area contributed by atoms with Gasteiger partial charge >= 0.3 is 5.97 Å². The van der Waals surface area contributed by atoms with Gasteiger partial charge in [0.05, 0.1) is 29.3 Å². The van der Waals surface area contributed by atoms with E-state index in [-0.39, 0.29) is 18.0 Å². The number of aromatic nitrogens is 3. The van der Waals surface area contributed by atoms with Crippen molar-refractivity contribution in [3.05, 3.63) is 112 Å². The molecule has 3 aromatic carbocycles. The SMILES string of the molecule is COc1ccc(-c2cc(C(=O)OCc3nc4scc(-c5ccccc5)c4c(=O)[nH]3)c3ccccc3n2)cc1. The fourth-order valence-electron chi connectivity index (χ4n) is 4.36. The molecule has 38 heavy (non-hydrogen) atoms. The Bertz CT molecular complexity index is 1840. The number of aromatic amines is 1. The number of para-hydroxylation sites is 1. The van der Waals surface area contributed by atoms with E-state index < -0.39 is 5.97 Å². The van der Waals surface area contributed by atoms with Crippen molar-refractivity contribution in [2.24, 2.45) is 0 Å². The predicted molar refractivity (Wildman–Crippen MR) is 149 cm³/mol. The fourth-order valence-corrected chi connectivity index (χ4v) is 5.32. The lowest BCUT2D eigenvalue weighted by Gasteiger charge is -2.10. The number of hydrogen-bond donors (Lipinski definition) is 1. The first-order valence-electron chi connectivity index (χ1n) is 11.9. The topological polar surface area (TPSA) is 94.2 Å². The number of hydrogen-bond acceptors (Lipinski definition) is 7. The Morgan fingerprint density at radius 1 is 0.921 bits per heavy atom. The lowest BCUT2D eigenvalue weighted by molar-refractivity contribution is 0.0464. The van der Waals surface area contributed by atoms with Crippen molar-refractivity contribution in [3.63, 3.8) is 0 Å². The van der Waals surface area contributed by atoms with Crippen LogP contribution in [0.1, 0.15) is 16.2 Å². The molecule has 3 aromatic heterocycles. The summed E-state index contributed by atoms with van der Waals surface area (Å²) in [5.41, 5.74) is 4.05. The molecule has 0 unspecified atom stereocenters. The van der Waals surface area contributed by atoms with Gasteiger partial charge in [-0.2, -0.15) is 0 Å². The van der Waals surface area contributed by atoms with Gasteiger partial charge in [0.2, 0.25) is 0 Å². The third-order valence-corrected chi connectivity index (χ3v) is 7.11. The van der Waals surface area contributed by atoms with Crippen LogP contribution in [0.3, 0.4) is 0 Å². The van der Waals surface area contributed by atoms with Crippen LogP contribution >= 0.6 is 11.3 Å². The minimum Gasteiger partial charge on any atom is -0.497 e. The molecule has 8 heteroatoms. The Hall–Kier alpha value is -4.82. The Balaban J connectivity index is 1.30. The maximum absolute atomic E-state index is 13.3. The van der Waals surface area contributed by atoms with Crippen LogP contribution in [0.2, 0.25) is 0 Å². The number of pyridine rings is 1. The Kier molecular flexibility index (Phi) is 6.15. The molecule has 6 aromatic rings. The second-order valence-electron chi connectivity index (χ2n) is 8.59. The van der Waals surface area contributed by atoms with Crippen molar-refractivity contribution >= 4 is 38.4 Å². The number of nitrogens with zero attached hydrogens (tertiary/aromatic N) is 2. The smallest absolute Gasteiger partial charge is 0.339 e. The number of nitrogens with one attached hydrogen (secondary N) is 1. The van der Waals surface area contributed by atoms with Gasteiger partial charge in [0.1, 0.15) is 23.0 Å². The lowest BCUT2D eigenvalue weighted by atomic mass is 10.0. The fraction of sp³-hybridized carbons (Fsp3) is 0.0667. The second kappa shape index (κ2) is 9.91. The Labute approximate surface area is 221 Å². The standard InChI is InChI=1S/C30H21N3O4S/c1-36-20-13-11-19(12-14-20)25-15-22(21-9-5-6-10-24(21)31-25)30(35)37-16-26-32-28(34)27-23(17-38-29(27)33-26)18-7-3-2-4-8-18/h2-15,17H,16H2,1H3,(H,32,33,34). The number of fused-ring (bicyclic) bond motifs is 2. The van der Waals surface area contributed by atoms with Crippen LogP contribution in [0.5, 0.6) is 5.75 Å². The zero-order valence-electron chi connectivity index (χ0n) is 20.3. The van der Waals surface area contributed by atoms with E-state index in [0.29, 0.717) is 32.4 Å². The summed E-state index contributed by atoms with van der Waals surface area (Å²) in [6, 6.07) is 26.3. The molecule has 0 amide bonds. The van der Waals surface area contributed by atoms with Crippen molar-refractivity contribution in [1.29, 1.82) is 0 Å². The van der Waals surface area contributed by atoms with Gasteiger partial charge < -0.3 is 14.5 Å². The lowest BCUT2D eigenvalue weighted by Crippen LogP contribution is -2.14. The minimum atomic E-state index is -0.530. The summed E-state index contributed by atoms with van der Waals surface area (Å²) in [6.45, 7) is -0.170. The number of ether oxygens (including phenoxy) is 2. The van der Waals surface area contributed by atoms with Gasteiger partial charge in [0, 0.05) is 21.9 Å². The average Bonchev–Trinajstić information content (AvgIpc) is 3.40. The van der Waals surface area contributed by atoms with E-state index in [0.717, 1.165) is 22.4 Å².